The van der Waals surface area contributed by atoms with Gasteiger partial charge in [0.2, 0.25) is 5.52 Å². The van der Waals surface area contributed by atoms with Crippen molar-refractivity contribution in [2.45, 2.75) is 0 Å². The summed E-state index contributed by atoms with van der Waals surface area (Å²) in [6, 6.07) is 32.6. The highest BCUT2D eigenvalue weighted by Crippen LogP contribution is 2.35. The molecule has 1 atom stereocenters. The SMILES string of the molecule is c1ccc(-c2ccccc2-c2ccc3[pH][n+]4ccccc4c3c2)cc1. The molecule has 0 saturated heterocycles. The van der Waals surface area contributed by atoms with Crippen LogP contribution in [0.4, 0.5) is 0 Å². The van der Waals surface area contributed by atoms with E-state index in [0.29, 0.717) is 8.35 Å². The van der Waals surface area contributed by atoms with Crippen LogP contribution in [0.3, 0.4) is 0 Å². The van der Waals surface area contributed by atoms with Gasteiger partial charge in [0.05, 0.1) is 10.5 Å². The Hall–Kier alpha value is -2.89. The summed E-state index contributed by atoms with van der Waals surface area (Å²) in [6.45, 7) is 0. The maximum Gasteiger partial charge on any atom is 0.220 e. The van der Waals surface area contributed by atoms with Crippen molar-refractivity contribution in [3.63, 3.8) is 0 Å². The van der Waals surface area contributed by atoms with E-state index in [1.165, 1.54) is 38.3 Å². The molecule has 0 aliphatic carbocycles. The summed E-state index contributed by atoms with van der Waals surface area (Å²) < 4.78 is 2.34. The molecule has 25 heavy (non-hydrogen) atoms. The van der Waals surface area contributed by atoms with Crippen LogP contribution < -0.4 is 4.16 Å². The van der Waals surface area contributed by atoms with Gasteiger partial charge < -0.3 is 0 Å². The largest absolute Gasteiger partial charge is 0.220 e. The predicted octanol–water partition coefficient (Wildman–Crippen LogP) is 5.94. The summed E-state index contributed by atoms with van der Waals surface area (Å²) in [5, 5.41) is 2.78. The van der Waals surface area contributed by atoms with Crippen LogP contribution in [0.2, 0.25) is 0 Å². The number of hydrogen-bond acceptors (Lipinski definition) is 0. The molecular weight excluding hydrogens is 321 g/mol. The maximum absolute atomic E-state index is 2.35. The van der Waals surface area contributed by atoms with Gasteiger partial charge in [0, 0.05) is 12.1 Å². The lowest BCUT2D eigenvalue weighted by atomic mass is 9.94. The zero-order valence-corrected chi connectivity index (χ0v) is 14.7. The first kappa shape index (κ1) is 14.5. The summed E-state index contributed by atoms with van der Waals surface area (Å²) >= 11 is 0. The lowest BCUT2D eigenvalue weighted by Gasteiger charge is -2.10. The molecule has 0 spiro atoms. The molecular formula is C23H17NP+. The molecule has 2 heteroatoms. The van der Waals surface area contributed by atoms with Crippen molar-refractivity contribution >= 4 is 24.4 Å². The fraction of sp³-hybridized carbons (Fsp3) is 0. The minimum atomic E-state index is 0.692. The molecule has 0 amide bonds. The third-order valence-corrected chi connectivity index (χ3v) is 6.03. The quantitative estimate of drug-likeness (QED) is 0.375. The number of pyridine rings is 1. The summed E-state index contributed by atoms with van der Waals surface area (Å²) in [6.07, 6.45) is 2.17. The molecule has 0 fully saturated rings. The van der Waals surface area contributed by atoms with Gasteiger partial charge in [-0.25, -0.2) is 0 Å². The van der Waals surface area contributed by atoms with Crippen molar-refractivity contribution in [2.24, 2.45) is 0 Å². The van der Waals surface area contributed by atoms with E-state index in [1.807, 2.05) is 0 Å². The minimum absolute atomic E-state index is 0.692. The third kappa shape index (κ3) is 2.45. The molecule has 0 bridgehead atoms. The Kier molecular flexibility index (Phi) is 3.40. The van der Waals surface area contributed by atoms with Gasteiger partial charge in [0.15, 0.2) is 6.20 Å². The first-order chi connectivity index (χ1) is 12.4. The van der Waals surface area contributed by atoms with Crippen molar-refractivity contribution in [3.8, 4) is 22.3 Å². The average molecular weight is 338 g/mol. The molecule has 118 valence electrons. The number of fused-ring (bicyclic) bond motifs is 3. The molecule has 1 nitrogen and oxygen atoms in total. The molecule has 0 aliphatic heterocycles. The van der Waals surface area contributed by atoms with Gasteiger partial charge in [0.25, 0.3) is 0 Å². The molecule has 5 rings (SSSR count). The second kappa shape index (κ2) is 5.88. The number of nitrogens with zero attached hydrogens (tertiary/aromatic N) is 1. The first-order valence-corrected chi connectivity index (χ1v) is 9.42. The number of rotatable bonds is 2. The van der Waals surface area contributed by atoms with E-state index in [1.54, 1.807) is 0 Å². The summed E-state index contributed by atoms with van der Waals surface area (Å²) in [5.74, 6) is 0. The molecule has 5 aromatic rings. The topological polar surface area (TPSA) is 4.10 Å². The maximum atomic E-state index is 2.35. The highest BCUT2D eigenvalue weighted by atomic mass is 31.0. The highest BCUT2D eigenvalue weighted by molar-refractivity contribution is 7.29. The second-order valence-corrected chi connectivity index (χ2v) is 7.48. The third-order valence-electron chi connectivity index (χ3n) is 4.72. The molecule has 2 aromatic heterocycles. The van der Waals surface area contributed by atoms with E-state index in [9.17, 15) is 0 Å². The number of aromatic nitrogens is 1. The Morgan fingerprint density at radius 1 is 0.600 bits per heavy atom. The summed E-state index contributed by atoms with van der Waals surface area (Å²) in [7, 11) is 0.692. The average Bonchev–Trinajstić information content (AvgIpc) is 3.06. The van der Waals surface area contributed by atoms with Crippen molar-refractivity contribution in [1.29, 1.82) is 0 Å². The Balaban J connectivity index is 1.75. The lowest BCUT2D eigenvalue weighted by molar-refractivity contribution is -0.428. The van der Waals surface area contributed by atoms with Crippen molar-refractivity contribution in [2.75, 3.05) is 0 Å². The van der Waals surface area contributed by atoms with Crippen LogP contribution in [0, 0.1) is 0 Å². The van der Waals surface area contributed by atoms with Gasteiger partial charge in [-0.05, 0) is 40.5 Å². The van der Waals surface area contributed by atoms with Crippen molar-refractivity contribution < 1.29 is 4.16 Å². The molecule has 0 aliphatic rings. The van der Waals surface area contributed by atoms with Crippen LogP contribution in [0.1, 0.15) is 0 Å². The van der Waals surface area contributed by atoms with E-state index >= 15 is 0 Å². The smallest absolute Gasteiger partial charge is 0.160 e. The van der Waals surface area contributed by atoms with Crippen LogP contribution in [0.25, 0.3) is 38.3 Å². The fourth-order valence-electron chi connectivity index (χ4n) is 3.52. The Labute approximate surface area is 148 Å². The lowest BCUT2D eigenvalue weighted by Crippen LogP contribution is -2.10. The van der Waals surface area contributed by atoms with Gasteiger partial charge in [-0.3, -0.25) is 0 Å². The Morgan fingerprint density at radius 2 is 1.32 bits per heavy atom. The van der Waals surface area contributed by atoms with Gasteiger partial charge in [-0.15, -0.1) is 0 Å². The van der Waals surface area contributed by atoms with Gasteiger partial charge in [-0.2, -0.15) is 4.16 Å². The van der Waals surface area contributed by atoms with E-state index in [4.69, 9.17) is 0 Å². The van der Waals surface area contributed by atoms with Crippen LogP contribution in [0.5, 0.6) is 0 Å². The second-order valence-electron chi connectivity index (χ2n) is 6.24. The van der Waals surface area contributed by atoms with Crippen LogP contribution >= 0.6 is 8.35 Å². The van der Waals surface area contributed by atoms with Crippen LogP contribution in [-0.2, 0) is 0 Å². The van der Waals surface area contributed by atoms with Crippen molar-refractivity contribution in [1.82, 2.24) is 0 Å². The van der Waals surface area contributed by atoms with E-state index in [0.717, 1.165) is 0 Å². The first-order valence-electron chi connectivity index (χ1n) is 8.47. The van der Waals surface area contributed by atoms with Gasteiger partial charge in [-0.1, -0.05) is 60.7 Å². The van der Waals surface area contributed by atoms with E-state index < -0.39 is 0 Å². The van der Waals surface area contributed by atoms with Crippen LogP contribution in [0.15, 0.2) is 97.2 Å². The summed E-state index contributed by atoms with van der Waals surface area (Å²) in [5.41, 5.74) is 6.42. The molecule has 0 radical (unpaired) electrons. The monoisotopic (exact) mass is 338 g/mol. The van der Waals surface area contributed by atoms with Crippen LogP contribution in [-0.4, -0.2) is 0 Å². The standard InChI is InChI=1S/C23H17NP/c1-2-8-17(9-3-1)19-10-4-5-11-20(19)18-13-14-23-21(16-18)22-12-6-7-15-24(22)25-23/h1-16,25H/q+1. The van der Waals surface area contributed by atoms with E-state index in [2.05, 4.69) is 101 Å². The van der Waals surface area contributed by atoms with Gasteiger partial charge >= 0.3 is 0 Å². The fourth-order valence-corrected chi connectivity index (χ4v) is 4.73. The predicted molar refractivity (Wildman–Crippen MR) is 107 cm³/mol. The molecule has 0 N–H and O–H groups in total. The van der Waals surface area contributed by atoms with Gasteiger partial charge in [0.1, 0.15) is 8.35 Å². The zero-order chi connectivity index (χ0) is 16.6. The zero-order valence-electron chi connectivity index (χ0n) is 13.7. The number of hydrogen-bond donors (Lipinski definition) is 0. The highest BCUT2D eigenvalue weighted by Gasteiger charge is 2.13. The molecule has 3 aromatic carbocycles. The number of benzene rings is 3. The minimum Gasteiger partial charge on any atom is -0.160 e. The molecule has 2 heterocycles. The Bertz CT molecular complexity index is 1190. The molecule has 0 saturated carbocycles. The normalized spacial score (nSPS) is 11.5. The Morgan fingerprint density at radius 3 is 2.16 bits per heavy atom. The molecule has 1 unspecified atom stereocenters. The van der Waals surface area contributed by atoms with Crippen molar-refractivity contribution in [3.05, 3.63) is 97.2 Å². The van der Waals surface area contributed by atoms with E-state index in [-0.39, 0.29) is 0 Å². The summed E-state index contributed by atoms with van der Waals surface area (Å²) in [4.78, 5) is 0.